The van der Waals surface area contributed by atoms with E-state index < -0.39 is 0 Å². The fraction of sp³-hybridized carbons (Fsp3) is 0.480. The molecular formula is C25H35N3O3. The molecule has 2 aromatic carbocycles. The van der Waals surface area contributed by atoms with Gasteiger partial charge in [-0.25, -0.2) is 0 Å². The molecule has 2 aromatic rings. The lowest BCUT2D eigenvalue weighted by molar-refractivity contribution is 0.0752. The van der Waals surface area contributed by atoms with E-state index in [-0.39, 0.29) is 5.91 Å². The Labute approximate surface area is 186 Å². The highest BCUT2D eigenvalue weighted by Crippen LogP contribution is 2.28. The Bertz CT molecular complexity index is 859. The Morgan fingerprint density at radius 3 is 2.16 bits per heavy atom. The molecule has 0 saturated carbocycles. The number of ether oxygens (including phenoxy) is 2. The minimum absolute atomic E-state index is 0.0356. The van der Waals surface area contributed by atoms with Crippen LogP contribution < -0.4 is 14.4 Å². The van der Waals surface area contributed by atoms with Gasteiger partial charge in [0.05, 0.1) is 14.2 Å². The first kappa shape index (κ1) is 22.9. The van der Waals surface area contributed by atoms with Crippen molar-refractivity contribution in [2.24, 2.45) is 0 Å². The van der Waals surface area contributed by atoms with Crippen LogP contribution in [0.2, 0.25) is 0 Å². The van der Waals surface area contributed by atoms with Gasteiger partial charge in [-0.05, 0) is 62.7 Å². The van der Waals surface area contributed by atoms with Gasteiger partial charge in [-0.3, -0.25) is 9.69 Å². The molecule has 6 heteroatoms. The topological polar surface area (TPSA) is 45.3 Å². The standard InChI is InChI=1S/C25H35N3O3/c1-6-26(18-20-7-12-23(30-4)24(17-20)31-5)25(29)21-8-10-22(11-9-21)28-15-13-27(14-16-28)19(2)3/h7-12,17,19H,6,13-16,18H2,1-5H3. The van der Waals surface area contributed by atoms with Crippen LogP contribution in [-0.2, 0) is 6.54 Å². The average molecular weight is 426 g/mol. The van der Waals surface area contributed by atoms with Crippen LogP contribution >= 0.6 is 0 Å². The molecule has 1 aliphatic heterocycles. The maximum absolute atomic E-state index is 13.1. The van der Waals surface area contributed by atoms with E-state index in [0.29, 0.717) is 36.2 Å². The van der Waals surface area contributed by atoms with Gasteiger partial charge < -0.3 is 19.3 Å². The molecule has 3 rings (SSSR count). The summed E-state index contributed by atoms with van der Waals surface area (Å²) in [5, 5.41) is 0. The fourth-order valence-electron chi connectivity index (χ4n) is 4.02. The normalized spacial score (nSPS) is 14.6. The predicted octanol–water partition coefficient (Wildman–Crippen LogP) is 3.90. The van der Waals surface area contributed by atoms with Gasteiger partial charge >= 0.3 is 0 Å². The number of amides is 1. The summed E-state index contributed by atoms with van der Waals surface area (Å²) < 4.78 is 10.7. The third kappa shape index (κ3) is 5.50. The van der Waals surface area contributed by atoms with Gasteiger partial charge in [-0.2, -0.15) is 0 Å². The molecule has 1 fully saturated rings. The second-order valence-electron chi connectivity index (χ2n) is 8.17. The van der Waals surface area contributed by atoms with Gasteiger partial charge in [-0.1, -0.05) is 6.07 Å². The maximum atomic E-state index is 13.1. The number of rotatable bonds is 8. The van der Waals surface area contributed by atoms with Crippen LogP contribution in [0.1, 0.15) is 36.7 Å². The number of carbonyl (C=O) groups is 1. The van der Waals surface area contributed by atoms with Crippen LogP contribution in [0.5, 0.6) is 11.5 Å². The predicted molar refractivity (Wildman–Crippen MR) is 125 cm³/mol. The Kier molecular flexibility index (Phi) is 7.80. The van der Waals surface area contributed by atoms with E-state index in [4.69, 9.17) is 9.47 Å². The number of anilines is 1. The molecule has 1 heterocycles. The molecule has 0 unspecified atom stereocenters. The summed E-state index contributed by atoms with van der Waals surface area (Å²) in [6, 6.07) is 14.4. The Balaban J connectivity index is 1.66. The number of nitrogens with zero attached hydrogens (tertiary/aromatic N) is 3. The van der Waals surface area contributed by atoms with Gasteiger partial charge in [0.15, 0.2) is 11.5 Å². The van der Waals surface area contributed by atoms with Gasteiger partial charge in [0.1, 0.15) is 0 Å². The second kappa shape index (κ2) is 10.5. The van der Waals surface area contributed by atoms with Gasteiger partial charge in [0.25, 0.3) is 5.91 Å². The van der Waals surface area contributed by atoms with Crippen molar-refractivity contribution in [2.45, 2.75) is 33.4 Å². The SMILES string of the molecule is CCN(Cc1ccc(OC)c(OC)c1)C(=O)c1ccc(N2CCN(C(C)C)CC2)cc1. The highest BCUT2D eigenvalue weighted by atomic mass is 16.5. The second-order valence-corrected chi connectivity index (χ2v) is 8.17. The van der Waals surface area contributed by atoms with E-state index in [2.05, 4.69) is 35.8 Å². The summed E-state index contributed by atoms with van der Waals surface area (Å²) in [4.78, 5) is 19.9. The number of methoxy groups -OCH3 is 2. The van der Waals surface area contributed by atoms with Crippen molar-refractivity contribution in [1.29, 1.82) is 0 Å². The molecule has 0 N–H and O–H groups in total. The van der Waals surface area contributed by atoms with Gasteiger partial charge in [0, 0.05) is 56.6 Å². The Hall–Kier alpha value is -2.73. The number of benzene rings is 2. The zero-order valence-electron chi connectivity index (χ0n) is 19.4. The first-order chi connectivity index (χ1) is 15.0. The summed E-state index contributed by atoms with van der Waals surface area (Å²) in [6.07, 6.45) is 0. The van der Waals surface area contributed by atoms with Crippen LogP contribution in [0.25, 0.3) is 0 Å². The monoisotopic (exact) mass is 425 g/mol. The summed E-state index contributed by atoms with van der Waals surface area (Å²) >= 11 is 0. The van der Waals surface area contributed by atoms with Crippen molar-refractivity contribution in [1.82, 2.24) is 9.80 Å². The third-order valence-electron chi connectivity index (χ3n) is 6.01. The van der Waals surface area contributed by atoms with E-state index in [1.165, 1.54) is 5.69 Å². The molecule has 1 amide bonds. The molecule has 31 heavy (non-hydrogen) atoms. The van der Waals surface area contributed by atoms with E-state index in [1.807, 2.05) is 42.2 Å². The quantitative estimate of drug-likeness (QED) is 0.642. The minimum Gasteiger partial charge on any atom is -0.493 e. The lowest BCUT2D eigenvalue weighted by Gasteiger charge is -2.38. The average Bonchev–Trinajstić information content (AvgIpc) is 2.82. The molecule has 0 radical (unpaired) electrons. The van der Waals surface area contributed by atoms with E-state index in [0.717, 1.165) is 31.7 Å². The third-order valence-corrected chi connectivity index (χ3v) is 6.01. The molecule has 1 aliphatic rings. The van der Waals surface area contributed by atoms with Crippen molar-refractivity contribution in [3.63, 3.8) is 0 Å². The van der Waals surface area contributed by atoms with Crippen LogP contribution in [0.4, 0.5) is 5.69 Å². The smallest absolute Gasteiger partial charge is 0.254 e. The van der Waals surface area contributed by atoms with Crippen molar-refractivity contribution in [3.05, 3.63) is 53.6 Å². The molecule has 0 atom stereocenters. The molecule has 1 saturated heterocycles. The maximum Gasteiger partial charge on any atom is 0.254 e. The fourth-order valence-corrected chi connectivity index (χ4v) is 4.02. The molecule has 6 nitrogen and oxygen atoms in total. The van der Waals surface area contributed by atoms with E-state index in [9.17, 15) is 4.79 Å². The number of hydrogen-bond donors (Lipinski definition) is 0. The zero-order chi connectivity index (χ0) is 22.4. The molecular weight excluding hydrogens is 390 g/mol. The van der Waals surface area contributed by atoms with Crippen LogP contribution in [0.15, 0.2) is 42.5 Å². The summed E-state index contributed by atoms with van der Waals surface area (Å²) in [5.41, 5.74) is 2.90. The molecule has 168 valence electrons. The van der Waals surface area contributed by atoms with Crippen molar-refractivity contribution >= 4 is 11.6 Å². The van der Waals surface area contributed by atoms with Crippen LogP contribution in [0.3, 0.4) is 0 Å². The molecule has 0 spiro atoms. The van der Waals surface area contributed by atoms with Crippen molar-refractivity contribution in [2.75, 3.05) is 51.8 Å². The van der Waals surface area contributed by atoms with Gasteiger partial charge in [0.2, 0.25) is 0 Å². The molecule has 0 aliphatic carbocycles. The lowest BCUT2D eigenvalue weighted by atomic mass is 10.1. The summed E-state index contributed by atoms with van der Waals surface area (Å²) in [6.45, 7) is 11.8. The Morgan fingerprint density at radius 2 is 1.61 bits per heavy atom. The zero-order valence-corrected chi connectivity index (χ0v) is 19.4. The van der Waals surface area contributed by atoms with Crippen LogP contribution in [-0.4, -0.2) is 68.7 Å². The van der Waals surface area contributed by atoms with Crippen molar-refractivity contribution < 1.29 is 14.3 Å². The molecule has 0 aromatic heterocycles. The first-order valence-electron chi connectivity index (χ1n) is 11.1. The largest absolute Gasteiger partial charge is 0.493 e. The minimum atomic E-state index is 0.0356. The van der Waals surface area contributed by atoms with Crippen LogP contribution in [0, 0.1) is 0 Å². The highest BCUT2D eigenvalue weighted by molar-refractivity contribution is 5.94. The first-order valence-corrected chi connectivity index (χ1v) is 11.1. The van der Waals surface area contributed by atoms with E-state index >= 15 is 0 Å². The summed E-state index contributed by atoms with van der Waals surface area (Å²) in [7, 11) is 3.24. The van der Waals surface area contributed by atoms with Gasteiger partial charge in [-0.15, -0.1) is 0 Å². The number of piperazine rings is 1. The molecule has 0 bridgehead atoms. The number of carbonyl (C=O) groups excluding carboxylic acids is 1. The number of hydrogen-bond acceptors (Lipinski definition) is 5. The van der Waals surface area contributed by atoms with E-state index in [1.54, 1.807) is 14.2 Å². The highest BCUT2D eigenvalue weighted by Gasteiger charge is 2.20. The van der Waals surface area contributed by atoms with Crippen molar-refractivity contribution in [3.8, 4) is 11.5 Å². The summed E-state index contributed by atoms with van der Waals surface area (Å²) in [5.74, 6) is 1.39. The lowest BCUT2D eigenvalue weighted by Crippen LogP contribution is -2.48. The Morgan fingerprint density at radius 1 is 0.968 bits per heavy atom.